The lowest BCUT2D eigenvalue weighted by molar-refractivity contribution is 0.0569. The van der Waals surface area contributed by atoms with Crippen molar-refractivity contribution in [2.75, 3.05) is 13.1 Å². The average molecular weight is 269 g/mol. The predicted octanol–water partition coefficient (Wildman–Crippen LogP) is 3.29. The van der Waals surface area contributed by atoms with E-state index < -0.39 is 5.60 Å². The Morgan fingerprint density at radius 2 is 1.55 bits per heavy atom. The Labute approximate surface area is 121 Å². The molecule has 2 unspecified atom stereocenters. The van der Waals surface area contributed by atoms with Gasteiger partial charge in [0, 0.05) is 13.1 Å². The normalized spacial score (nSPS) is 15.6. The molecule has 0 aliphatic heterocycles. The second kappa shape index (κ2) is 6.69. The molecule has 106 valence electrons. The Morgan fingerprint density at radius 1 is 1.00 bits per heavy atom. The molecule has 0 fully saturated rings. The van der Waals surface area contributed by atoms with E-state index in [2.05, 4.69) is 36.5 Å². The van der Waals surface area contributed by atoms with Crippen LogP contribution >= 0.6 is 0 Å². The third kappa shape index (κ3) is 3.92. The van der Waals surface area contributed by atoms with Crippen molar-refractivity contribution in [2.24, 2.45) is 0 Å². The van der Waals surface area contributed by atoms with Crippen LogP contribution in [0, 0.1) is 0 Å². The number of hydrogen-bond donors (Lipinski definition) is 2. The molecule has 2 rings (SSSR count). The molecule has 2 aromatic rings. The van der Waals surface area contributed by atoms with E-state index in [0.29, 0.717) is 12.5 Å². The van der Waals surface area contributed by atoms with Crippen LogP contribution in [0.25, 0.3) is 0 Å². The maximum Gasteiger partial charge on any atom is 0.0992 e. The molecule has 20 heavy (non-hydrogen) atoms. The van der Waals surface area contributed by atoms with Crippen molar-refractivity contribution in [2.45, 2.75) is 25.4 Å². The fraction of sp³-hybridized carbons (Fsp3) is 0.333. The van der Waals surface area contributed by atoms with Crippen LogP contribution in [0.5, 0.6) is 0 Å². The summed E-state index contributed by atoms with van der Waals surface area (Å²) in [5, 5.41) is 13.9. The summed E-state index contributed by atoms with van der Waals surface area (Å²) in [6, 6.07) is 20.2. The Hall–Kier alpha value is -1.64. The van der Waals surface area contributed by atoms with Crippen molar-refractivity contribution in [3.8, 4) is 0 Å². The summed E-state index contributed by atoms with van der Waals surface area (Å²) in [6.07, 6.45) is 0. The van der Waals surface area contributed by atoms with Gasteiger partial charge in [-0.2, -0.15) is 0 Å². The third-order valence-corrected chi connectivity index (χ3v) is 3.68. The van der Waals surface area contributed by atoms with Gasteiger partial charge in [-0.25, -0.2) is 0 Å². The molecule has 2 aromatic carbocycles. The topological polar surface area (TPSA) is 32.3 Å². The van der Waals surface area contributed by atoms with Crippen LogP contribution in [0.2, 0.25) is 0 Å². The standard InChI is InChI=1S/C18H23NO/c1-15(16-9-5-3-6-10-16)13-19-14-18(2,20)17-11-7-4-8-12-17/h3-12,15,19-20H,13-14H2,1-2H3. The van der Waals surface area contributed by atoms with E-state index in [4.69, 9.17) is 0 Å². The van der Waals surface area contributed by atoms with Gasteiger partial charge in [0.15, 0.2) is 0 Å². The van der Waals surface area contributed by atoms with Gasteiger partial charge < -0.3 is 10.4 Å². The SMILES string of the molecule is CC(CNCC(C)(O)c1ccccc1)c1ccccc1. The van der Waals surface area contributed by atoms with Crippen molar-refractivity contribution >= 4 is 0 Å². The molecule has 0 bridgehead atoms. The number of nitrogens with one attached hydrogen (secondary N) is 1. The minimum absolute atomic E-state index is 0.433. The first-order valence-corrected chi connectivity index (χ1v) is 7.13. The Balaban J connectivity index is 1.87. The molecule has 2 heteroatoms. The minimum Gasteiger partial charge on any atom is -0.384 e. The van der Waals surface area contributed by atoms with Gasteiger partial charge in [-0.15, -0.1) is 0 Å². The number of hydrogen-bond acceptors (Lipinski definition) is 2. The molecule has 0 radical (unpaired) electrons. The minimum atomic E-state index is -0.836. The fourth-order valence-electron chi connectivity index (χ4n) is 2.33. The van der Waals surface area contributed by atoms with Crippen LogP contribution in [0.15, 0.2) is 60.7 Å². The van der Waals surface area contributed by atoms with Gasteiger partial charge in [0.05, 0.1) is 5.60 Å². The molecule has 0 saturated carbocycles. The quantitative estimate of drug-likeness (QED) is 0.843. The molecule has 0 spiro atoms. The van der Waals surface area contributed by atoms with E-state index in [0.717, 1.165) is 12.1 Å². The third-order valence-electron chi connectivity index (χ3n) is 3.68. The zero-order valence-electron chi connectivity index (χ0n) is 12.2. The lowest BCUT2D eigenvalue weighted by Crippen LogP contribution is -2.36. The van der Waals surface area contributed by atoms with Crippen molar-refractivity contribution in [1.82, 2.24) is 5.32 Å². The Bertz CT molecular complexity index is 507. The maximum atomic E-state index is 10.5. The first-order chi connectivity index (χ1) is 9.59. The highest BCUT2D eigenvalue weighted by atomic mass is 16.3. The van der Waals surface area contributed by atoms with Crippen molar-refractivity contribution in [3.63, 3.8) is 0 Å². The highest BCUT2D eigenvalue weighted by Gasteiger charge is 2.22. The summed E-state index contributed by atoms with van der Waals surface area (Å²) in [7, 11) is 0. The lowest BCUT2D eigenvalue weighted by Gasteiger charge is -2.25. The molecule has 2 atom stereocenters. The van der Waals surface area contributed by atoms with Crippen LogP contribution in [0.1, 0.15) is 30.9 Å². The maximum absolute atomic E-state index is 10.5. The summed E-state index contributed by atoms with van der Waals surface area (Å²) in [5.41, 5.74) is 1.43. The molecule has 2 N–H and O–H groups in total. The average Bonchev–Trinajstić information content (AvgIpc) is 2.49. The second-order valence-electron chi connectivity index (χ2n) is 5.58. The van der Waals surface area contributed by atoms with Crippen LogP contribution in [-0.2, 0) is 5.60 Å². The first kappa shape index (κ1) is 14.8. The largest absolute Gasteiger partial charge is 0.384 e. The van der Waals surface area contributed by atoms with Crippen LogP contribution in [-0.4, -0.2) is 18.2 Å². The van der Waals surface area contributed by atoms with Crippen molar-refractivity contribution in [1.29, 1.82) is 0 Å². The molecule has 0 aliphatic carbocycles. The van der Waals surface area contributed by atoms with Gasteiger partial charge in [0.25, 0.3) is 0 Å². The molecule has 2 nitrogen and oxygen atoms in total. The Kier molecular flexibility index (Phi) is 4.94. The van der Waals surface area contributed by atoms with Gasteiger partial charge in [-0.05, 0) is 24.0 Å². The number of benzene rings is 2. The van der Waals surface area contributed by atoms with Gasteiger partial charge in [0.2, 0.25) is 0 Å². The van der Waals surface area contributed by atoms with Crippen molar-refractivity contribution in [3.05, 3.63) is 71.8 Å². The zero-order chi connectivity index (χ0) is 14.4. The molecule has 0 aliphatic rings. The molecule has 0 heterocycles. The van der Waals surface area contributed by atoms with E-state index in [1.807, 2.05) is 43.3 Å². The van der Waals surface area contributed by atoms with Crippen LogP contribution in [0.4, 0.5) is 0 Å². The molecule has 0 amide bonds. The number of aliphatic hydroxyl groups is 1. The molecule has 0 saturated heterocycles. The zero-order valence-corrected chi connectivity index (χ0v) is 12.2. The summed E-state index contributed by atoms with van der Waals surface area (Å²) >= 11 is 0. The first-order valence-electron chi connectivity index (χ1n) is 7.13. The summed E-state index contributed by atoms with van der Waals surface area (Å²) in [4.78, 5) is 0. The lowest BCUT2D eigenvalue weighted by atomic mass is 9.95. The predicted molar refractivity (Wildman–Crippen MR) is 83.7 cm³/mol. The highest BCUT2D eigenvalue weighted by molar-refractivity contribution is 5.22. The van der Waals surface area contributed by atoms with Crippen LogP contribution < -0.4 is 5.32 Å². The summed E-state index contributed by atoms with van der Waals surface area (Å²) in [6.45, 7) is 5.45. The van der Waals surface area contributed by atoms with Crippen molar-refractivity contribution < 1.29 is 5.11 Å². The second-order valence-corrected chi connectivity index (χ2v) is 5.58. The summed E-state index contributed by atoms with van der Waals surface area (Å²) in [5.74, 6) is 0.433. The van der Waals surface area contributed by atoms with Gasteiger partial charge in [-0.3, -0.25) is 0 Å². The highest BCUT2D eigenvalue weighted by Crippen LogP contribution is 2.19. The Morgan fingerprint density at radius 3 is 2.15 bits per heavy atom. The summed E-state index contributed by atoms with van der Waals surface area (Å²) < 4.78 is 0. The van der Waals surface area contributed by atoms with Gasteiger partial charge >= 0.3 is 0 Å². The number of rotatable bonds is 6. The van der Waals surface area contributed by atoms with E-state index >= 15 is 0 Å². The molecular weight excluding hydrogens is 246 g/mol. The van der Waals surface area contributed by atoms with E-state index in [1.54, 1.807) is 0 Å². The van der Waals surface area contributed by atoms with E-state index in [1.165, 1.54) is 5.56 Å². The van der Waals surface area contributed by atoms with Gasteiger partial charge in [0.1, 0.15) is 0 Å². The molecule has 0 aromatic heterocycles. The van der Waals surface area contributed by atoms with E-state index in [-0.39, 0.29) is 0 Å². The monoisotopic (exact) mass is 269 g/mol. The van der Waals surface area contributed by atoms with Crippen LogP contribution in [0.3, 0.4) is 0 Å². The molecular formula is C18H23NO. The van der Waals surface area contributed by atoms with Gasteiger partial charge in [-0.1, -0.05) is 67.6 Å². The smallest absolute Gasteiger partial charge is 0.0992 e. The fourth-order valence-corrected chi connectivity index (χ4v) is 2.33. The van der Waals surface area contributed by atoms with E-state index in [9.17, 15) is 5.11 Å².